The van der Waals surface area contributed by atoms with E-state index in [1.807, 2.05) is 0 Å². The molecular formula is C9H14F3NO3S. The Morgan fingerprint density at radius 1 is 1.24 bits per heavy atom. The predicted octanol–water partition coefficient (Wildman–Crippen LogP) is 0.655. The summed E-state index contributed by atoms with van der Waals surface area (Å²) in [7, 11) is -5.62. The van der Waals surface area contributed by atoms with E-state index in [2.05, 4.69) is 0 Å². The second-order valence-corrected chi connectivity index (χ2v) is 6.89. The van der Waals surface area contributed by atoms with Gasteiger partial charge >= 0.3 is 15.5 Å². The molecule has 0 aromatic carbocycles. The van der Waals surface area contributed by atoms with Crippen LogP contribution in [0.4, 0.5) is 13.2 Å². The summed E-state index contributed by atoms with van der Waals surface area (Å²) in [6.45, 7) is -0.469. The number of halogens is 3. The molecule has 0 spiro atoms. The van der Waals surface area contributed by atoms with Crippen LogP contribution in [-0.2, 0) is 10.0 Å². The summed E-state index contributed by atoms with van der Waals surface area (Å²) in [6.07, 6.45) is 3.60. The van der Waals surface area contributed by atoms with Crippen LogP contribution in [0.1, 0.15) is 25.7 Å². The zero-order chi connectivity index (χ0) is 12.8. The van der Waals surface area contributed by atoms with E-state index in [9.17, 15) is 26.8 Å². The van der Waals surface area contributed by atoms with Crippen molar-refractivity contribution in [3.63, 3.8) is 0 Å². The molecule has 4 atom stereocenters. The molecule has 0 aliphatic heterocycles. The molecule has 2 rings (SSSR count). The highest BCUT2D eigenvalue weighted by atomic mass is 32.2. The first-order valence-corrected chi connectivity index (χ1v) is 7.04. The van der Waals surface area contributed by atoms with E-state index in [4.69, 9.17) is 0 Å². The zero-order valence-corrected chi connectivity index (χ0v) is 9.85. The lowest BCUT2D eigenvalue weighted by Crippen LogP contribution is -3.11. The number of hydrogen-bond acceptors (Lipinski definition) is 3. The van der Waals surface area contributed by atoms with Crippen molar-refractivity contribution in [1.29, 1.82) is 0 Å². The standard InChI is InChI=1S/C9H14F3NO3S/c10-9(11,12)17(15,16)13(14)5-8-4-6-1-2-7(8)3-6/h6-8,13H,1-5H2. The number of fused-ring (bicyclic) bond motifs is 2. The highest BCUT2D eigenvalue weighted by Gasteiger charge is 2.52. The number of hydrogen-bond donors (Lipinski definition) is 1. The normalized spacial score (nSPS) is 35.2. The second-order valence-electron chi connectivity index (χ2n) is 4.96. The first kappa shape index (κ1) is 13.1. The Bertz CT molecular complexity index is 395. The van der Waals surface area contributed by atoms with Crippen molar-refractivity contribution in [1.82, 2.24) is 0 Å². The van der Waals surface area contributed by atoms with Crippen LogP contribution in [0.3, 0.4) is 0 Å². The number of rotatable bonds is 3. The maximum Gasteiger partial charge on any atom is 0.549 e. The van der Waals surface area contributed by atoms with Crippen LogP contribution < -0.4 is 4.47 Å². The van der Waals surface area contributed by atoms with Crippen molar-refractivity contribution in [3.05, 3.63) is 5.21 Å². The highest BCUT2D eigenvalue weighted by Crippen LogP contribution is 2.47. The first-order chi connectivity index (χ1) is 7.72. The van der Waals surface area contributed by atoms with Gasteiger partial charge in [-0.15, -0.1) is 0 Å². The van der Waals surface area contributed by atoms with Gasteiger partial charge in [0.05, 0.1) is 6.54 Å². The van der Waals surface area contributed by atoms with Crippen LogP contribution in [0.25, 0.3) is 0 Å². The molecular weight excluding hydrogens is 259 g/mol. The highest BCUT2D eigenvalue weighted by molar-refractivity contribution is 7.86. The molecule has 2 saturated carbocycles. The summed E-state index contributed by atoms with van der Waals surface area (Å²) in [6, 6.07) is 0. The summed E-state index contributed by atoms with van der Waals surface area (Å²) < 4.78 is 56.5. The van der Waals surface area contributed by atoms with E-state index >= 15 is 0 Å². The minimum atomic E-state index is -5.62. The number of sulfonamides is 1. The van der Waals surface area contributed by atoms with Crippen molar-refractivity contribution in [2.24, 2.45) is 17.8 Å². The fraction of sp³-hybridized carbons (Fsp3) is 1.00. The third-order valence-corrected chi connectivity index (χ3v) is 5.29. The Kier molecular flexibility index (Phi) is 3.16. The van der Waals surface area contributed by atoms with E-state index in [1.54, 1.807) is 0 Å². The topological polar surface area (TPSA) is 61.6 Å². The lowest BCUT2D eigenvalue weighted by Gasteiger charge is -2.28. The Labute approximate surface area is 97.4 Å². The smallest absolute Gasteiger partial charge is 0.549 e. The number of quaternary nitrogens is 1. The summed E-state index contributed by atoms with van der Waals surface area (Å²) in [5.41, 5.74) is -5.46. The molecule has 2 fully saturated rings. The minimum Gasteiger partial charge on any atom is -0.618 e. The van der Waals surface area contributed by atoms with Crippen LogP contribution in [-0.4, -0.2) is 20.5 Å². The molecule has 1 N–H and O–H groups in total. The lowest BCUT2D eigenvalue weighted by atomic mass is 9.89. The molecule has 2 aliphatic rings. The lowest BCUT2D eigenvalue weighted by molar-refractivity contribution is -0.717. The molecule has 2 aliphatic carbocycles. The van der Waals surface area contributed by atoms with Crippen molar-refractivity contribution < 1.29 is 26.1 Å². The van der Waals surface area contributed by atoms with Crippen LogP contribution in [0.5, 0.6) is 0 Å². The molecule has 2 bridgehead atoms. The van der Waals surface area contributed by atoms with Gasteiger partial charge in [0.2, 0.25) is 0 Å². The van der Waals surface area contributed by atoms with Gasteiger partial charge in [-0.2, -0.15) is 21.6 Å². The third-order valence-electron chi connectivity index (χ3n) is 3.92. The van der Waals surface area contributed by atoms with Gasteiger partial charge in [0.15, 0.2) is 0 Å². The molecule has 0 saturated heterocycles. The zero-order valence-electron chi connectivity index (χ0n) is 9.03. The Balaban J connectivity index is 2.00. The second kappa shape index (κ2) is 4.10. The molecule has 4 nitrogen and oxygen atoms in total. The monoisotopic (exact) mass is 273 g/mol. The van der Waals surface area contributed by atoms with Gasteiger partial charge in [-0.1, -0.05) is 6.42 Å². The minimum absolute atomic E-state index is 0.168. The van der Waals surface area contributed by atoms with E-state index in [-0.39, 0.29) is 11.8 Å². The SMILES string of the molecule is O=S(=O)([NH+]([O-])CC1CC2CCC1C2)C(F)(F)F. The van der Waals surface area contributed by atoms with E-state index < -0.39 is 26.5 Å². The average molecular weight is 273 g/mol. The maximum absolute atomic E-state index is 12.1. The predicted molar refractivity (Wildman–Crippen MR) is 53.1 cm³/mol. The number of nitrogens with one attached hydrogen (secondary N) is 1. The van der Waals surface area contributed by atoms with Gasteiger partial charge in [0.1, 0.15) is 0 Å². The Morgan fingerprint density at radius 3 is 2.29 bits per heavy atom. The van der Waals surface area contributed by atoms with Crippen LogP contribution in [0.2, 0.25) is 0 Å². The van der Waals surface area contributed by atoms with Crippen molar-refractivity contribution >= 4 is 10.0 Å². The van der Waals surface area contributed by atoms with Crippen LogP contribution >= 0.6 is 0 Å². The molecule has 4 unspecified atom stereocenters. The number of alkyl halides is 3. The molecule has 0 heterocycles. The molecule has 0 radical (unpaired) electrons. The Hall–Kier alpha value is -0.340. The fourth-order valence-electron chi connectivity index (χ4n) is 3.08. The molecule has 100 valence electrons. The quantitative estimate of drug-likeness (QED) is 0.768. The van der Waals surface area contributed by atoms with Gasteiger partial charge in [-0.05, 0) is 31.1 Å². The average Bonchev–Trinajstić information content (AvgIpc) is 2.76. The van der Waals surface area contributed by atoms with Crippen molar-refractivity contribution in [2.75, 3.05) is 6.54 Å². The molecule has 17 heavy (non-hydrogen) atoms. The summed E-state index contributed by atoms with van der Waals surface area (Å²) >= 11 is 0. The van der Waals surface area contributed by atoms with E-state index in [0.29, 0.717) is 12.3 Å². The molecule has 0 aromatic rings. The van der Waals surface area contributed by atoms with Gasteiger partial charge in [0, 0.05) is 5.92 Å². The van der Waals surface area contributed by atoms with Crippen LogP contribution in [0.15, 0.2) is 0 Å². The van der Waals surface area contributed by atoms with Gasteiger partial charge in [-0.3, -0.25) is 4.47 Å². The summed E-state index contributed by atoms with van der Waals surface area (Å²) in [5.74, 6) is 0.553. The summed E-state index contributed by atoms with van der Waals surface area (Å²) in [5, 5.41) is 11.2. The van der Waals surface area contributed by atoms with E-state index in [1.165, 1.54) is 0 Å². The Morgan fingerprint density at radius 2 is 1.88 bits per heavy atom. The van der Waals surface area contributed by atoms with Gasteiger partial charge in [0.25, 0.3) is 0 Å². The largest absolute Gasteiger partial charge is 0.618 e. The first-order valence-electron chi connectivity index (χ1n) is 5.56. The maximum atomic E-state index is 12.1. The van der Waals surface area contributed by atoms with Crippen LogP contribution in [0, 0.1) is 23.0 Å². The molecule has 0 aromatic heterocycles. The van der Waals surface area contributed by atoms with Crippen molar-refractivity contribution in [3.8, 4) is 0 Å². The molecule has 8 heteroatoms. The van der Waals surface area contributed by atoms with E-state index in [0.717, 1.165) is 19.3 Å². The summed E-state index contributed by atoms with van der Waals surface area (Å²) in [4.78, 5) is 0. The van der Waals surface area contributed by atoms with Gasteiger partial charge < -0.3 is 5.21 Å². The van der Waals surface area contributed by atoms with Gasteiger partial charge in [-0.25, -0.2) is 0 Å². The fourth-order valence-corrected chi connectivity index (χ4v) is 3.77. The van der Waals surface area contributed by atoms with Crippen molar-refractivity contribution in [2.45, 2.75) is 31.2 Å². The number of hydroxylamine groups is 1. The molecule has 0 amide bonds. The third kappa shape index (κ3) is 2.30.